The van der Waals surface area contributed by atoms with Crippen LogP contribution in [-0.2, 0) is 4.79 Å². The summed E-state index contributed by atoms with van der Waals surface area (Å²) in [5.74, 6) is -0.274. The van der Waals surface area contributed by atoms with E-state index in [1.54, 1.807) is 32.9 Å². The monoisotopic (exact) mass is 342 g/mol. The summed E-state index contributed by atoms with van der Waals surface area (Å²) in [6, 6.07) is 4.27. The molecule has 0 fully saturated rings. The second-order valence-electron chi connectivity index (χ2n) is 5.29. The highest BCUT2D eigenvalue weighted by molar-refractivity contribution is 5.85. The Morgan fingerprint density at radius 1 is 1.43 bits per heavy atom. The quantitative estimate of drug-likeness (QED) is 0.870. The van der Waals surface area contributed by atoms with Crippen molar-refractivity contribution in [1.82, 2.24) is 15.5 Å². The molecule has 0 aliphatic carbocycles. The van der Waals surface area contributed by atoms with Crippen LogP contribution in [-0.4, -0.2) is 22.6 Å². The van der Waals surface area contributed by atoms with Gasteiger partial charge >= 0.3 is 0 Å². The molecule has 2 aromatic rings. The third-order valence-corrected chi connectivity index (χ3v) is 3.40. The predicted molar refractivity (Wildman–Crippen MR) is 86.5 cm³/mol. The lowest BCUT2D eigenvalue weighted by Crippen LogP contribution is -2.35. The van der Waals surface area contributed by atoms with Gasteiger partial charge in [-0.1, -0.05) is 24.2 Å². The van der Waals surface area contributed by atoms with Crippen molar-refractivity contribution in [3.8, 4) is 11.4 Å². The van der Waals surface area contributed by atoms with Crippen molar-refractivity contribution in [2.75, 3.05) is 6.54 Å². The van der Waals surface area contributed by atoms with Gasteiger partial charge in [-0.25, -0.2) is 4.39 Å². The SMILES string of the molecule is Cc1ccc(-c2noc(C(C)NC(=O)C(C)CN)n2)cc1F.Cl. The Balaban J connectivity index is 0.00000264. The average molecular weight is 343 g/mol. The molecule has 126 valence electrons. The Morgan fingerprint density at radius 2 is 2.13 bits per heavy atom. The molecule has 23 heavy (non-hydrogen) atoms. The molecule has 1 amide bonds. The largest absolute Gasteiger partial charge is 0.344 e. The lowest BCUT2D eigenvalue weighted by Gasteiger charge is -2.13. The molecule has 0 aliphatic rings. The number of nitrogens with zero attached hydrogens (tertiary/aromatic N) is 2. The van der Waals surface area contributed by atoms with Crippen LogP contribution in [0.1, 0.15) is 31.3 Å². The van der Waals surface area contributed by atoms with Crippen molar-refractivity contribution in [3.05, 3.63) is 35.5 Å². The molecule has 1 aromatic heterocycles. The van der Waals surface area contributed by atoms with Crippen LogP contribution in [0.5, 0.6) is 0 Å². The Bertz CT molecular complexity index is 677. The Morgan fingerprint density at radius 3 is 2.74 bits per heavy atom. The maximum atomic E-state index is 13.6. The number of halogens is 2. The van der Waals surface area contributed by atoms with Gasteiger partial charge in [0.15, 0.2) is 0 Å². The Hall–Kier alpha value is -1.99. The molecule has 1 aromatic carbocycles. The number of aromatic nitrogens is 2. The van der Waals surface area contributed by atoms with E-state index in [2.05, 4.69) is 15.5 Å². The van der Waals surface area contributed by atoms with Crippen molar-refractivity contribution < 1.29 is 13.7 Å². The molecule has 0 saturated heterocycles. The smallest absolute Gasteiger partial charge is 0.249 e. The number of nitrogens with one attached hydrogen (secondary N) is 1. The fourth-order valence-corrected chi connectivity index (χ4v) is 1.78. The van der Waals surface area contributed by atoms with Gasteiger partial charge in [0.25, 0.3) is 0 Å². The van der Waals surface area contributed by atoms with E-state index < -0.39 is 6.04 Å². The molecule has 2 rings (SSSR count). The molecular weight excluding hydrogens is 323 g/mol. The number of aryl methyl sites for hydroxylation is 1. The van der Waals surface area contributed by atoms with Gasteiger partial charge in [0.1, 0.15) is 11.9 Å². The van der Waals surface area contributed by atoms with Crippen molar-refractivity contribution in [2.24, 2.45) is 11.7 Å². The first kappa shape index (κ1) is 19.1. The maximum absolute atomic E-state index is 13.6. The molecule has 3 N–H and O–H groups in total. The summed E-state index contributed by atoms with van der Waals surface area (Å²) in [6.07, 6.45) is 0. The number of hydrogen-bond acceptors (Lipinski definition) is 5. The van der Waals surface area contributed by atoms with Crippen LogP contribution in [0.4, 0.5) is 4.39 Å². The van der Waals surface area contributed by atoms with Crippen LogP contribution in [0, 0.1) is 18.7 Å². The van der Waals surface area contributed by atoms with Crippen molar-refractivity contribution in [1.29, 1.82) is 0 Å². The summed E-state index contributed by atoms with van der Waals surface area (Å²) in [4.78, 5) is 16.0. The summed E-state index contributed by atoms with van der Waals surface area (Å²) in [5, 5.41) is 6.56. The molecule has 1 heterocycles. The summed E-state index contributed by atoms with van der Waals surface area (Å²) in [6.45, 7) is 5.40. The minimum atomic E-state index is -0.446. The highest BCUT2D eigenvalue weighted by Gasteiger charge is 2.20. The molecular formula is C15H20ClFN4O2. The summed E-state index contributed by atoms with van der Waals surface area (Å²) >= 11 is 0. The van der Waals surface area contributed by atoms with Gasteiger partial charge in [0, 0.05) is 18.0 Å². The lowest BCUT2D eigenvalue weighted by atomic mass is 10.1. The average Bonchev–Trinajstić information content (AvgIpc) is 2.99. The second-order valence-corrected chi connectivity index (χ2v) is 5.29. The van der Waals surface area contributed by atoms with E-state index >= 15 is 0 Å². The fourth-order valence-electron chi connectivity index (χ4n) is 1.78. The van der Waals surface area contributed by atoms with Gasteiger partial charge < -0.3 is 15.6 Å². The summed E-state index contributed by atoms with van der Waals surface area (Å²) < 4.78 is 18.7. The normalized spacial score (nSPS) is 13.1. The van der Waals surface area contributed by atoms with Crippen LogP contribution in [0.3, 0.4) is 0 Å². The third-order valence-electron chi connectivity index (χ3n) is 3.40. The van der Waals surface area contributed by atoms with Crippen LogP contribution in [0.15, 0.2) is 22.7 Å². The molecule has 2 atom stereocenters. The Labute approximate surface area is 140 Å². The summed E-state index contributed by atoms with van der Waals surface area (Å²) in [7, 11) is 0. The second kappa shape index (κ2) is 8.03. The van der Waals surface area contributed by atoms with Crippen LogP contribution in [0.25, 0.3) is 11.4 Å². The number of rotatable bonds is 5. The highest BCUT2D eigenvalue weighted by Crippen LogP contribution is 2.21. The molecule has 6 nitrogen and oxygen atoms in total. The van der Waals surface area contributed by atoms with E-state index in [-0.39, 0.29) is 48.3 Å². The van der Waals surface area contributed by atoms with Gasteiger partial charge in [-0.05, 0) is 25.5 Å². The number of carbonyl (C=O) groups excluding carboxylic acids is 1. The van der Waals surface area contributed by atoms with Crippen molar-refractivity contribution in [2.45, 2.75) is 26.8 Å². The first-order chi connectivity index (χ1) is 10.4. The van der Waals surface area contributed by atoms with Gasteiger partial charge in [0.05, 0.1) is 0 Å². The zero-order valence-corrected chi connectivity index (χ0v) is 14.0. The van der Waals surface area contributed by atoms with Crippen LogP contribution >= 0.6 is 12.4 Å². The molecule has 0 bridgehead atoms. The van der Waals surface area contributed by atoms with E-state index in [4.69, 9.17) is 10.3 Å². The van der Waals surface area contributed by atoms with Crippen LogP contribution < -0.4 is 11.1 Å². The number of benzene rings is 1. The highest BCUT2D eigenvalue weighted by atomic mass is 35.5. The summed E-state index contributed by atoms with van der Waals surface area (Å²) in [5.41, 5.74) is 6.51. The number of carbonyl (C=O) groups is 1. The third kappa shape index (κ3) is 4.49. The number of amides is 1. The molecule has 0 aliphatic heterocycles. The molecule has 0 saturated carbocycles. The van der Waals surface area contributed by atoms with Gasteiger partial charge in [0.2, 0.25) is 17.6 Å². The fraction of sp³-hybridized carbons (Fsp3) is 0.400. The van der Waals surface area contributed by atoms with Crippen molar-refractivity contribution >= 4 is 18.3 Å². The predicted octanol–water partition coefficient (Wildman–Crippen LogP) is 2.38. The molecule has 0 spiro atoms. The van der Waals surface area contributed by atoms with Gasteiger partial charge in [-0.15, -0.1) is 12.4 Å². The molecule has 8 heteroatoms. The standard InChI is InChI=1S/C15H19FN4O2.ClH/c1-8-4-5-11(6-12(8)16)13-19-15(22-20-13)10(3)18-14(21)9(2)7-17;/h4-6,9-10H,7,17H2,1-3H3,(H,18,21);1H. The zero-order chi connectivity index (χ0) is 16.3. The first-order valence-electron chi connectivity index (χ1n) is 7.03. The van der Waals surface area contributed by atoms with E-state index in [1.807, 2.05) is 0 Å². The van der Waals surface area contributed by atoms with Crippen molar-refractivity contribution in [3.63, 3.8) is 0 Å². The minimum absolute atomic E-state index is 0. The van der Waals surface area contributed by atoms with E-state index in [0.717, 1.165) is 0 Å². The van der Waals surface area contributed by atoms with E-state index in [0.29, 0.717) is 11.1 Å². The van der Waals surface area contributed by atoms with Gasteiger partial charge in [-0.3, -0.25) is 4.79 Å². The minimum Gasteiger partial charge on any atom is -0.344 e. The molecule has 0 radical (unpaired) electrons. The van der Waals surface area contributed by atoms with E-state index in [9.17, 15) is 9.18 Å². The van der Waals surface area contributed by atoms with Crippen LogP contribution in [0.2, 0.25) is 0 Å². The van der Waals surface area contributed by atoms with E-state index in [1.165, 1.54) is 6.07 Å². The lowest BCUT2D eigenvalue weighted by molar-refractivity contribution is -0.125. The molecule has 2 unspecified atom stereocenters. The number of nitrogens with two attached hydrogens (primary N) is 1. The van der Waals surface area contributed by atoms with Gasteiger partial charge in [-0.2, -0.15) is 4.98 Å². The topological polar surface area (TPSA) is 94.0 Å². The maximum Gasteiger partial charge on any atom is 0.249 e. The Kier molecular flexibility index (Phi) is 6.65. The zero-order valence-electron chi connectivity index (χ0n) is 13.2. The first-order valence-corrected chi connectivity index (χ1v) is 7.03. The number of hydrogen-bond donors (Lipinski definition) is 2.